The molecule has 1 aliphatic heterocycles. The first kappa shape index (κ1) is 17.7. The van der Waals surface area contributed by atoms with Crippen molar-refractivity contribution in [3.8, 4) is 0 Å². The molecule has 24 heavy (non-hydrogen) atoms. The van der Waals surface area contributed by atoms with Crippen LogP contribution < -0.4 is 5.32 Å². The van der Waals surface area contributed by atoms with Crippen molar-refractivity contribution in [3.63, 3.8) is 0 Å². The van der Waals surface area contributed by atoms with E-state index in [2.05, 4.69) is 10.1 Å². The number of ether oxygens (including phenoxy) is 1. The molecule has 8 nitrogen and oxygen atoms in total. The molecule has 130 valence electrons. The van der Waals surface area contributed by atoms with E-state index in [4.69, 9.17) is 0 Å². The van der Waals surface area contributed by atoms with E-state index in [0.29, 0.717) is 30.8 Å². The number of carbonyl (C=O) groups excluding carboxylic acids is 2. The molecule has 1 N–H and O–H groups in total. The van der Waals surface area contributed by atoms with Crippen LogP contribution in [0.5, 0.6) is 0 Å². The summed E-state index contributed by atoms with van der Waals surface area (Å²) in [4.78, 5) is 35.8. The fourth-order valence-corrected chi connectivity index (χ4v) is 2.85. The molecule has 0 saturated carbocycles. The van der Waals surface area contributed by atoms with Gasteiger partial charge in [-0.15, -0.1) is 0 Å². The van der Waals surface area contributed by atoms with Gasteiger partial charge >= 0.3 is 6.09 Å². The monoisotopic (exact) mass is 335 g/mol. The van der Waals surface area contributed by atoms with Crippen LogP contribution in [0.3, 0.4) is 0 Å². The minimum atomic E-state index is -0.491. The van der Waals surface area contributed by atoms with Gasteiger partial charge in [-0.1, -0.05) is 6.07 Å². The molecule has 1 fully saturated rings. The molecule has 1 heterocycles. The first-order chi connectivity index (χ1) is 11.4. The van der Waals surface area contributed by atoms with E-state index in [1.54, 1.807) is 17.9 Å². The summed E-state index contributed by atoms with van der Waals surface area (Å²) in [6, 6.07) is 4.47. The Morgan fingerprint density at radius 1 is 1.38 bits per heavy atom. The largest absolute Gasteiger partial charge is 0.453 e. The fraction of sp³-hybridized carbons (Fsp3) is 0.500. The number of nitro groups is 1. The van der Waals surface area contributed by atoms with E-state index in [1.165, 1.54) is 19.2 Å². The second-order valence-corrected chi connectivity index (χ2v) is 5.82. The predicted molar refractivity (Wildman–Crippen MR) is 86.9 cm³/mol. The molecule has 0 spiro atoms. The van der Waals surface area contributed by atoms with Gasteiger partial charge in [0.05, 0.1) is 12.0 Å². The molecule has 0 aromatic heterocycles. The zero-order valence-electron chi connectivity index (χ0n) is 13.8. The van der Waals surface area contributed by atoms with Crippen LogP contribution >= 0.6 is 0 Å². The normalized spacial score (nSPS) is 15.0. The molecule has 0 bridgehead atoms. The van der Waals surface area contributed by atoms with E-state index in [1.807, 2.05) is 0 Å². The summed E-state index contributed by atoms with van der Waals surface area (Å²) >= 11 is 0. The lowest BCUT2D eigenvalue weighted by atomic mass is 9.96. The summed E-state index contributed by atoms with van der Waals surface area (Å²) in [6.45, 7) is 3.25. The number of nitrogens with one attached hydrogen (secondary N) is 1. The van der Waals surface area contributed by atoms with Crippen LogP contribution in [0.25, 0.3) is 0 Å². The third-order valence-corrected chi connectivity index (χ3v) is 4.35. The maximum atomic E-state index is 12.3. The smallest absolute Gasteiger partial charge is 0.409 e. The maximum absolute atomic E-state index is 12.3. The molecule has 0 radical (unpaired) electrons. The van der Waals surface area contributed by atoms with Crippen LogP contribution in [-0.2, 0) is 4.74 Å². The van der Waals surface area contributed by atoms with Crippen molar-refractivity contribution in [2.75, 3.05) is 26.7 Å². The molecule has 0 atom stereocenters. The van der Waals surface area contributed by atoms with Crippen LogP contribution in [0.1, 0.15) is 28.8 Å². The number of benzene rings is 1. The van der Waals surface area contributed by atoms with Crippen molar-refractivity contribution in [1.82, 2.24) is 10.2 Å². The van der Waals surface area contributed by atoms with E-state index in [-0.39, 0.29) is 23.6 Å². The highest BCUT2D eigenvalue weighted by atomic mass is 16.6. The molecule has 2 amide bonds. The van der Waals surface area contributed by atoms with Gasteiger partial charge in [-0.25, -0.2) is 4.79 Å². The van der Waals surface area contributed by atoms with Crippen molar-refractivity contribution < 1.29 is 19.2 Å². The number of piperidine rings is 1. The van der Waals surface area contributed by atoms with Crippen LogP contribution in [0.2, 0.25) is 0 Å². The minimum Gasteiger partial charge on any atom is -0.453 e. The molecular formula is C16H21N3O5. The topological polar surface area (TPSA) is 102 Å². The fourth-order valence-electron chi connectivity index (χ4n) is 2.85. The number of hydrogen-bond donors (Lipinski definition) is 1. The Kier molecular flexibility index (Phi) is 5.73. The van der Waals surface area contributed by atoms with Crippen LogP contribution in [0, 0.1) is 23.0 Å². The highest BCUT2D eigenvalue weighted by Gasteiger charge is 2.24. The van der Waals surface area contributed by atoms with Gasteiger partial charge in [0.15, 0.2) is 0 Å². The Morgan fingerprint density at radius 3 is 2.62 bits per heavy atom. The second-order valence-electron chi connectivity index (χ2n) is 5.82. The minimum absolute atomic E-state index is 0.0611. The van der Waals surface area contributed by atoms with Crippen molar-refractivity contribution >= 4 is 17.7 Å². The molecule has 8 heteroatoms. The average molecular weight is 335 g/mol. The quantitative estimate of drug-likeness (QED) is 0.671. The van der Waals surface area contributed by atoms with Gasteiger partial charge in [-0.2, -0.15) is 0 Å². The number of nitro benzene ring substituents is 1. The van der Waals surface area contributed by atoms with Gasteiger partial charge < -0.3 is 15.0 Å². The summed E-state index contributed by atoms with van der Waals surface area (Å²) in [6.07, 6.45) is 1.23. The molecule has 1 aromatic rings. The van der Waals surface area contributed by atoms with E-state index < -0.39 is 4.92 Å². The Balaban J connectivity index is 1.90. The van der Waals surface area contributed by atoms with Gasteiger partial charge in [0.2, 0.25) is 0 Å². The molecule has 1 aliphatic rings. The molecule has 2 rings (SSSR count). The number of rotatable bonds is 4. The van der Waals surface area contributed by atoms with Crippen LogP contribution in [0.15, 0.2) is 18.2 Å². The Labute approximate surface area is 139 Å². The lowest BCUT2D eigenvalue weighted by Crippen LogP contribution is -2.41. The second kappa shape index (κ2) is 7.76. The number of likely N-dealkylation sites (tertiary alicyclic amines) is 1. The van der Waals surface area contributed by atoms with Crippen molar-refractivity contribution in [1.29, 1.82) is 0 Å². The molecule has 1 saturated heterocycles. The number of hydrogen-bond acceptors (Lipinski definition) is 5. The summed E-state index contributed by atoms with van der Waals surface area (Å²) in [7, 11) is 1.36. The highest BCUT2D eigenvalue weighted by molar-refractivity contribution is 5.96. The van der Waals surface area contributed by atoms with Crippen molar-refractivity contribution in [3.05, 3.63) is 39.4 Å². The number of nitrogens with zero attached hydrogens (tertiary/aromatic N) is 2. The number of amides is 2. The SMILES string of the molecule is COC(=O)N1CCC(CNC(=O)c2cccc([N+](=O)[O-])c2C)CC1. The standard InChI is InChI=1S/C16H21N3O5/c1-11-13(4-3-5-14(11)19(22)23)15(20)17-10-12-6-8-18(9-7-12)16(21)24-2/h3-5,12H,6-10H2,1-2H3,(H,17,20). The average Bonchev–Trinajstić information content (AvgIpc) is 2.59. The summed E-state index contributed by atoms with van der Waals surface area (Å²) in [5.74, 6) is -0.0412. The van der Waals surface area contributed by atoms with E-state index in [0.717, 1.165) is 12.8 Å². The Hall–Kier alpha value is -2.64. The van der Waals surface area contributed by atoms with E-state index in [9.17, 15) is 19.7 Å². The van der Waals surface area contributed by atoms with Crippen molar-refractivity contribution in [2.45, 2.75) is 19.8 Å². The zero-order valence-corrected chi connectivity index (χ0v) is 13.8. The van der Waals surface area contributed by atoms with Crippen molar-refractivity contribution in [2.24, 2.45) is 5.92 Å². The maximum Gasteiger partial charge on any atom is 0.409 e. The molecule has 1 aromatic carbocycles. The van der Waals surface area contributed by atoms with E-state index >= 15 is 0 Å². The van der Waals surface area contributed by atoms with Gasteiger partial charge in [0.1, 0.15) is 0 Å². The Bertz CT molecular complexity index is 639. The Morgan fingerprint density at radius 2 is 2.04 bits per heavy atom. The first-order valence-corrected chi connectivity index (χ1v) is 7.79. The summed E-state index contributed by atoms with van der Waals surface area (Å²) in [5, 5.41) is 13.8. The predicted octanol–water partition coefficient (Wildman–Crippen LogP) is 2.11. The number of methoxy groups -OCH3 is 1. The molecule has 0 aliphatic carbocycles. The van der Waals surface area contributed by atoms with Gasteiger partial charge in [-0.05, 0) is 31.7 Å². The highest BCUT2D eigenvalue weighted by Crippen LogP contribution is 2.21. The zero-order chi connectivity index (χ0) is 17.7. The first-order valence-electron chi connectivity index (χ1n) is 7.79. The van der Waals surface area contributed by atoms with Crippen LogP contribution in [0.4, 0.5) is 10.5 Å². The molecular weight excluding hydrogens is 314 g/mol. The lowest BCUT2D eigenvalue weighted by Gasteiger charge is -2.30. The summed E-state index contributed by atoms with van der Waals surface area (Å²) in [5.41, 5.74) is 0.616. The van der Waals surface area contributed by atoms with Gasteiger partial charge in [0.25, 0.3) is 11.6 Å². The number of carbonyl (C=O) groups is 2. The molecule has 0 unspecified atom stereocenters. The van der Waals surface area contributed by atoms with Gasteiger partial charge in [0, 0.05) is 36.8 Å². The van der Waals surface area contributed by atoms with Gasteiger partial charge in [-0.3, -0.25) is 14.9 Å². The third kappa shape index (κ3) is 4.01. The third-order valence-electron chi connectivity index (χ3n) is 4.35. The summed E-state index contributed by atoms with van der Waals surface area (Å²) < 4.78 is 4.69. The lowest BCUT2D eigenvalue weighted by molar-refractivity contribution is -0.385. The van der Waals surface area contributed by atoms with Crippen LogP contribution in [-0.4, -0.2) is 48.6 Å².